The number of pyridine rings is 1. The third-order valence-electron chi connectivity index (χ3n) is 3.75. The summed E-state index contributed by atoms with van der Waals surface area (Å²) in [5.74, 6) is 0.0216. The van der Waals surface area contributed by atoms with Gasteiger partial charge in [-0.05, 0) is 24.3 Å². The fourth-order valence-corrected chi connectivity index (χ4v) is 2.66. The third-order valence-corrected chi connectivity index (χ3v) is 3.75. The number of hydrogen-bond donors (Lipinski definition) is 2. The molecule has 3 aromatic rings. The Kier molecular flexibility index (Phi) is 4.32. The van der Waals surface area contributed by atoms with Crippen molar-refractivity contribution in [3.05, 3.63) is 41.5 Å². The second kappa shape index (κ2) is 6.25. The molecule has 0 spiro atoms. The lowest BCUT2D eigenvalue weighted by atomic mass is 9.96. The highest BCUT2D eigenvalue weighted by atomic mass is 19.4. The minimum absolute atomic E-state index is 0.130. The van der Waals surface area contributed by atoms with Gasteiger partial charge in [-0.15, -0.1) is 0 Å². The van der Waals surface area contributed by atoms with Gasteiger partial charge in [0.1, 0.15) is 5.82 Å². The zero-order chi connectivity index (χ0) is 20.0. The van der Waals surface area contributed by atoms with E-state index >= 15 is 0 Å². The van der Waals surface area contributed by atoms with Crippen molar-refractivity contribution in [2.75, 3.05) is 18.1 Å². The molecule has 0 saturated heterocycles. The number of alkyl halides is 6. The number of nitrogen functional groups attached to an aromatic ring is 1. The lowest BCUT2D eigenvalue weighted by molar-refractivity contribution is -0.142. The van der Waals surface area contributed by atoms with Crippen LogP contribution in [0, 0.1) is 0 Å². The zero-order valence-electron chi connectivity index (χ0n) is 13.6. The Hall–Kier alpha value is -3.11. The molecule has 2 aromatic heterocycles. The molecule has 0 atom stereocenters. The van der Waals surface area contributed by atoms with Crippen LogP contribution in [0.25, 0.3) is 22.3 Å². The third kappa shape index (κ3) is 3.44. The summed E-state index contributed by atoms with van der Waals surface area (Å²) in [6.07, 6.45) is -10.0. The van der Waals surface area contributed by atoms with Crippen molar-refractivity contribution in [3.63, 3.8) is 0 Å². The summed E-state index contributed by atoms with van der Waals surface area (Å²) in [6.45, 7) is 0. The smallest absolute Gasteiger partial charge is 0.372 e. The van der Waals surface area contributed by atoms with Gasteiger partial charge in [0.15, 0.2) is 5.65 Å². The number of rotatable bonds is 2. The van der Waals surface area contributed by atoms with Gasteiger partial charge in [0, 0.05) is 12.6 Å². The molecule has 2 heterocycles. The van der Waals surface area contributed by atoms with Crippen LogP contribution in [0.4, 0.5) is 38.1 Å². The standard InChI is InChI=1S/C16H11F6N5/c1-24-12-7-5-6-10(25-13(7)27-14(23)26-12)11-8(15(17,18)19)3-2-4-9(11)16(20,21)22/h2-6H,1H3,(H3,23,24,25,26,27). The van der Waals surface area contributed by atoms with Gasteiger partial charge in [-0.2, -0.15) is 36.3 Å². The van der Waals surface area contributed by atoms with E-state index in [1.807, 2.05) is 0 Å². The first-order valence-corrected chi connectivity index (χ1v) is 7.42. The molecule has 0 fully saturated rings. The van der Waals surface area contributed by atoms with Crippen molar-refractivity contribution in [2.24, 2.45) is 0 Å². The van der Waals surface area contributed by atoms with Crippen LogP contribution in [0.1, 0.15) is 11.1 Å². The van der Waals surface area contributed by atoms with Crippen molar-refractivity contribution in [3.8, 4) is 11.3 Å². The van der Waals surface area contributed by atoms with Crippen LogP contribution >= 0.6 is 0 Å². The predicted molar refractivity (Wildman–Crippen MR) is 86.7 cm³/mol. The van der Waals surface area contributed by atoms with E-state index in [2.05, 4.69) is 20.3 Å². The monoisotopic (exact) mass is 387 g/mol. The van der Waals surface area contributed by atoms with Crippen molar-refractivity contribution in [2.45, 2.75) is 12.4 Å². The Morgan fingerprint density at radius 1 is 0.852 bits per heavy atom. The molecule has 142 valence electrons. The number of anilines is 2. The zero-order valence-corrected chi connectivity index (χ0v) is 13.6. The lowest BCUT2D eigenvalue weighted by Gasteiger charge is -2.18. The van der Waals surface area contributed by atoms with Gasteiger partial charge in [-0.1, -0.05) is 6.07 Å². The number of benzene rings is 1. The summed E-state index contributed by atoms with van der Waals surface area (Å²) >= 11 is 0. The fourth-order valence-electron chi connectivity index (χ4n) is 2.66. The SMILES string of the molecule is CNc1nc(N)nc2nc(-c3c(C(F)(F)F)cccc3C(F)(F)F)ccc12. The molecule has 0 amide bonds. The van der Waals surface area contributed by atoms with Crippen LogP contribution in [0.2, 0.25) is 0 Å². The largest absolute Gasteiger partial charge is 0.417 e. The van der Waals surface area contributed by atoms with Gasteiger partial charge in [0.25, 0.3) is 0 Å². The maximum atomic E-state index is 13.3. The molecular formula is C16H11F6N5. The summed E-state index contributed by atoms with van der Waals surface area (Å²) in [5, 5.41) is 3.01. The summed E-state index contributed by atoms with van der Waals surface area (Å²) in [7, 11) is 1.52. The Morgan fingerprint density at radius 2 is 1.44 bits per heavy atom. The highest BCUT2D eigenvalue weighted by molar-refractivity contribution is 5.89. The van der Waals surface area contributed by atoms with Crippen LogP contribution in [0.3, 0.4) is 0 Å². The van der Waals surface area contributed by atoms with E-state index in [-0.39, 0.29) is 17.4 Å². The van der Waals surface area contributed by atoms with Crippen LogP contribution in [-0.4, -0.2) is 22.0 Å². The Morgan fingerprint density at radius 3 is 1.96 bits per heavy atom. The molecule has 0 bridgehead atoms. The summed E-state index contributed by atoms with van der Waals surface area (Å²) in [6, 6.07) is 4.20. The van der Waals surface area contributed by atoms with Gasteiger partial charge < -0.3 is 11.1 Å². The second-order valence-corrected chi connectivity index (χ2v) is 5.47. The maximum absolute atomic E-state index is 13.3. The number of fused-ring (bicyclic) bond motifs is 1. The average molecular weight is 387 g/mol. The molecule has 5 nitrogen and oxygen atoms in total. The van der Waals surface area contributed by atoms with Crippen molar-refractivity contribution >= 4 is 22.8 Å². The fraction of sp³-hybridized carbons (Fsp3) is 0.188. The molecule has 0 aliphatic heterocycles. The molecule has 1 aromatic carbocycles. The van der Waals surface area contributed by atoms with Gasteiger partial charge in [0.2, 0.25) is 5.95 Å². The van der Waals surface area contributed by atoms with Gasteiger partial charge in [-0.25, -0.2) is 4.98 Å². The van der Waals surface area contributed by atoms with Gasteiger partial charge in [-0.3, -0.25) is 0 Å². The highest BCUT2D eigenvalue weighted by Crippen LogP contribution is 2.44. The number of nitrogens with zero attached hydrogens (tertiary/aromatic N) is 3. The first-order valence-electron chi connectivity index (χ1n) is 7.42. The van der Waals surface area contributed by atoms with E-state index in [1.165, 1.54) is 13.1 Å². The molecule has 27 heavy (non-hydrogen) atoms. The highest BCUT2D eigenvalue weighted by Gasteiger charge is 2.41. The topological polar surface area (TPSA) is 76.7 Å². The van der Waals surface area contributed by atoms with Crippen molar-refractivity contribution < 1.29 is 26.3 Å². The minimum atomic E-state index is -5.01. The Balaban J connectivity index is 2.36. The quantitative estimate of drug-likeness (QED) is 0.640. The minimum Gasteiger partial charge on any atom is -0.372 e. The molecule has 0 unspecified atom stereocenters. The summed E-state index contributed by atoms with van der Waals surface area (Å²) in [4.78, 5) is 11.6. The Bertz CT molecular complexity index is 980. The number of halogens is 6. The van der Waals surface area contributed by atoms with E-state index < -0.39 is 34.7 Å². The first-order chi connectivity index (χ1) is 12.5. The molecule has 0 aliphatic rings. The van der Waals surface area contributed by atoms with E-state index in [0.717, 1.165) is 6.07 Å². The van der Waals surface area contributed by atoms with Crippen molar-refractivity contribution in [1.82, 2.24) is 15.0 Å². The number of aromatic nitrogens is 3. The summed E-state index contributed by atoms with van der Waals surface area (Å²) in [5.41, 5.74) is 0.914. The normalized spacial score (nSPS) is 12.4. The summed E-state index contributed by atoms with van der Waals surface area (Å²) < 4.78 is 80.1. The molecule has 11 heteroatoms. The van der Waals surface area contributed by atoms with Crippen LogP contribution in [0.15, 0.2) is 30.3 Å². The molecule has 0 radical (unpaired) electrons. The van der Waals surface area contributed by atoms with E-state index in [4.69, 9.17) is 5.73 Å². The van der Waals surface area contributed by atoms with E-state index in [0.29, 0.717) is 23.6 Å². The number of hydrogen-bond acceptors (Lipinski definition) is 5. The number of nitrogens with two attached hydrogens (primary N) is 1. The first kappa shape index (κ1) is 18.7. The lowest BCUT2D eigenvalue weighted by Crippen LogP contribution is -2.14. The average Bonchev–Trinajstić information content (AvgIpc) is 2.58. The second-order valence-electron chi connectivity index (χ2n) is 5.47. The molecule has 3 rings (SSSR count). The van der Waals surface area contributed by atoms with E-state index in [9.17, 15) is 26.3 Å². The molecular weight excluding hydrogens is 376 g/mol. The maximum Gasteiger partial charge on any atom is 0.417 e. The van der Waals surface area contributed by atoms with Crippen LogP contribution in [-0.2, 0) is 12.4 Å². The van der Waals surface area contributed by atoms with Crippen LogP contribution in [0.5, 0.6) is 0 Å². The number of nitrogens with one attached hydrogen (secondary N) is 1. The predicted octanol–water partition coefficient (Wildman–Crippen LogP) is 4.35. The molecule has 0 aliphatic carbocycles. The van der Waals surface area contributed by atoms with E-state index in [1.54, 1.807) is 0 Å². The van der Waals surface area contributed by atoms with Crippen molar-refractivity contribution in [1.29, 1.82) is 0 Å². The van der Waals surface area contributed by atoms with Gasteiger partial charge in [0.05, 0.1) is 22.2 Å². The Labute approximate surface area is 148 Å². The molecule has 3 N–H and O–H groups in total. The van der Waals surface area contributed by atoms with Gasteiger partial charge >= 0.3 is 12.4 Å². The molecule has 0 saturated carbocycles. The van der Waals surface area contributed by atoms with Crippen LogP contribution < -0.4 is 11.1 Å².